The molecule has 0 aromatic heterocycles. The molecule has 0 radical (unpaired) electrons. The molecule has 2 N–H and O–H groups in total. The third kappa shape index (κ3) is 4.49. The fraction of sp³-hybridized carbons (Fsp3) is 0.227. The van der Waals surface area contributed by atoms with E-state index < -0.39 is 17.8 Å². The van der Waals surface area contributed by atoms with Gasteiger partial charge in [-0.2, -0.15) is 0 Å². The Balaban J connectivity index is 1.91. The van der Waals surface area contributed by atoms with Gasteiger partial charge in [0, 0.05) is 24.0 Å². The predicted molar refractivity (Wildman–Crippen MR) is 116 cm³/mol. The van der Waals surface area contributed by atoms with Gasteiger partial charge in [-0.15, -0.1) is 0 Å². The molecule has 0 aliphatic carbocycles. The summed E-state index contributed by atoms with van der Waals surface area (Å²) in [6.07, 6.45) is 0. The maximum absolute atomic E-state index is 13.1. The summed E-state index contributed by atoms with van der Waals surface area (Å²) < 4.78 is 18.3. The van der Waals surface area contributed by atoms with Crippen LogP contribution in [0, 0.1) is 5.82 Å². The lowest BCUT2D eigenvalue weighted by atomic mass is 9.95. The van der Waals surface area contributed by atoms with Crippen LogP contribution in [0.2, 0.25) is 0 Å². The molecular formula is C22H22FN3O3S. The van der Waals surface area contributed by atoms with Gasteiger partial charge < -0.3 is 20.3 Å². The van der Waals surface area contributed by atoms with Crippen LogP contribution < -0.4 is 10.6 Å². The molecule has 3 rings (SSSR count). The Hall–Kier alpha value is -3.26. The van der Waals surface area contributed by atoms with Crippen LogP contribution in [-0.4, -0.2) is 35.5 Å². The summed E-state index contributed by atoms with van der Waals surface area (Å²) in [6, 6.07) is 11.9. The van der Waals surface area contributed by atoms with Crippen molar-refractivity contribution >= 4 is 34.9 Å². The summed E-state index contributed by atoms with van der Waals surface area (Å²) in [5.41, 5.74) is 2.76. The number of benzene rings is 2. The molecule has 0 saturated heterocycles. The van der Waals surface area contributed by atoms with Gasteiger partial charge in [0.25, 0.3) is 5.91 Å². The van der Waals surface area contributed by atoms with Crippen LogP contribution in [0.25, 0.3) is 0 Å². The first-order valence-electron chi connectivity index (χ1n) is 9.40. The summed E-state index contributed by atoms with van der Waals surface area (Å²) >= 11 is 5.39. The summed E-state index contributed by atoms with van der Waals surface area (Å²) in [5.74, 6) is -1.20. The van der Waals surface area contributed by atoms with Crippen LogP contribution in [0.3, 0.4) is 0 Å². The van der Waals surface area contributed by atoms with Crippen molar-refractivity contribution in [3.63, 3.8) is 0 Å². The van der Waals surface area contributed by atoms with Gasteiger partial charge in [-0.1, -0.05) is 12.1 Å². The van der Waals surface area contributed by atoms with Gasteiger partial charge in [-0.25, -0.2) is 9.18 Å². The van der Waals surface area contributed by atoms with E-state index in [2.05, 4.69) is 10.6 Å². The highest BCUT2D eigenvalue weighted by molar-refractivity contribution is 7.80. The van der Waals surface area contributed by atoms with Gasteiger partial charge in [-0.05, 0) is 68.0 Å². The molecule has 0 saturated carbocycles. The molecule has 0 fully saturated rings. The fourth-order valence-corrected chi connectivity index (χ4v) is 3.41. The van der Waals surface area contributed by atoms with Crippen molar-refractivity contribution in [2.24, 2.45) is 0 Å². The molecular weight excluding hydrogens is 405 g/mol. The Morgan fingerprint density at radius 2 is 1.93 bits per heavy atom. The van der Waals surface area contributed by atoms with Crippen LogP contribution in [0.4, 0.5) is 10.1 Å². The van der Waals surface area contributed by atoms with Gasteiger partial charge in [0.05, 0.1) is 18.2 Å². The predicted octanol–water partition coefficient (Wildman–Crippen LogP) is 3.78. The monoisotopic (exact) mass is 427 g/mol. The molecule has 30 heavy (non-hydrogen) atoms. The molecule has 2 aromatic rings. The van der Waals surface area contributed by atoms with Crippen molar-refractivity contribution in [3.8, 4) is 0 Å². The van der Waals surface area contributed by atoms with E-state index in [-0.39, 0.29) is 12.5 Å². The van der Waals surface area contributed by atoms with E-state index in [1.165, 1.54) is 24.3 Å². The number of esters is 1. The Kier molecular flexibility index (Phi) is 6.47. The van der Waals surface area contributed by atoms with Crippen molar-refractivity contribution < 1.29 is 18.7 Å². The lowest BCUT2D eigenvalue weighted by molar-refractivity contribution is -0.139. The van der Waals surface area contributed by atoms with E-state index in [4.69, 9.17) is 17.0 Å². The number of allylic oxidation sites excluding steroid dienone is 1. The number of halogens is 1. The number of thiocarbonyl (C=S) groups is 1. The first-order chi connectivity index (χ1) is 14.3. The minimum atomic E-state index is -0.518. The standard InChI is InChI=1S/C22H22FN3O3S/c1-4-29-21(28)18-13(2)26(3)22(30)25-19(18)15-6-5-7-17(12-15)24-20(27)14-8-10-16(23)11-9-14/h5-12,19H,4H2,1-3H3,(H,24,27)(H,25,30). The number of nitrogens with one attached hydrogen (secondary N) is 2. The lowest BCUT2D eigenvalue weighted by Crippen LogP contribution is -2.46. The number of ether oxygens (including phenoxy) is 1. The topological polar surface area (TPSA) is 70.7 Å². The highest BCUT2D eigenvalue weighted by Crippen LogP contribution is 2.32. The van der Waals surface area contributed by atoms with E-state index in [1.807, 2.05) is 13.0 Å². The summed E-state index contributed by atoms with van der Waals surface area (Å²) in [6.45, 7) is 3.82. The Morgan fingerprint density at radius 1 is 1.23 bits per heavy atom. The molecule has 1 aliphatic rings. The smallest absolute Gasteiger partial charge is 0.338 e. The fourth-order valence-electron chi connectivity index (χ4n) is 3.16. The average molecular weight is 428 g/mol. The second-order valence-corrected chi connectivity index (χ2v) is 7.13. The van der Waals surface area contributed by atoms with Gasteiger partial charge in [0.15, 0.2) is 5.11 Å². The summed E-state index contributed by atoms with van der Waals surface area (Å²) in [5, 5.41) is 6.44. The van der Waals surface area contributed by atoms with Crippen molar-refractivity contribution in [2.75, 3.05) is 19.0 Å². The van der Waals surface area contributed by atoms with Crippen LogP contribution in [-0.2, 0) is 9.53 Å². The minimum Gasteiger partial charge on any atom is -0.463 e. The number of nitrogens with zero attached hydrogens (tertiary/aromatic N) is 1. The summed E-state index contributed by atoms with van der Waals surface area (Å²) in [4.78, 5) is 26.8. The molecule has 1 heterocycles. The second-order valence-electron chi connectivity index (χ2n) is 6.75. The van der Waals surface area contributed by atoms with E-state index in [0.717, 1.165) is 5.56 Å². The molecule has 8 heteroatoms. The zero-order valence-corrected chi connectivity index (χ0v) is 17.7. The number of amides is 1. The van der Waals surface area contributed by atoms with Crippen molar-refractivity contribution in [1.82, 2.24) is 10.2 Å². The molecule has 1 amide bonds. The Bertz CT molecular complexity index is 1020. The van der Waals surface area contributed by atoms with Crippen molar-refractivity contribution in [2.45, 2.75) is 19.9 Å². The zero-order valence-electron chi connectivity index (χ0n) is 16.9. The van der Waals surface area contributed by atoms with Gasteiger partial charge in [0.2, 0.25) is 0 Å². The van der Waals surface area contributed by atoms with Crippen LogP contribution >= 0.6 is 12.2 Å². The number of hydrogen-bond donors (Lipinski definition) is 2. The van der Waals surface area contributed by atoms with E-state index in [0.29, 0.717) is 27.6 Å². The maximum atomic E-state index is 13.1. The SMILES string of the molecule is CCOC(=O)C1=C(C)N(C)C(=S)NC1c1cccc(NC(=O)c2ccc(F)cc2)c1. The normalized spacial score (nSPS) is 16.2. The van der Waals surface area contributed by atoms with E-state index in [1.54, 1.807) is 37.1 Å². The molecule has 2 aromatic carbocycles. The third-order valence-electron chi connectivity index (χ3n) is 4.83. The van der Waals surface area contributed by atoms with Gasteiger partial charge in [0.1, 0.15) is 5.82 Å². The Morgan fingerprint density at radius 3 is 2.60 bits per heavy atom. The first kappa shape index (κ1) is 21.4. The van der Waals surface area contributed by atoms with Gasteiger partial charge in [-0.3, -0.25) is 4.79 Å². The van der Waals surface area contributed by atoms with Crippen LogP contribution in [0.5, 0.6) is 0 Å². The number of hydrogen-bond acceptors (Lipinski definition) is 4. The molecule has 1 unspecified atom stereocenters. The largest absolute Gasteiger partial charge is 0.463 e. The van der Waals surface area contributed by atoms with E-state index in [9.17, 15) is 14.0 Å². The van der Waals surface area contributed by atoms with Crippen molar-refractivity contribution in [1.29, 1.82) is 0 Å². The quantitative estimate of drug-likeness (QED) is 0.559. The van der Waals surface area contributed by atoms with Crippen LogP contribution in [0.1, 0.15) is 35.8 Å². The maximum Gasteiger partial charge on any atom is 0.338 e. The summed E-state index contributed by atoms with van der Waals surface area (Å²) in [7, 11) is 1.78. The minimum absolute atomic E-state index is 0.254. The second kappa shape index (κ2) is 9.04. The average Bonchev–Trinajstić information content (AvgIpc) is 2.72. The molecule has 6 nitrogen and oxygen atoms in total. The third-order valence-corrected chi connectivity index (χ3v) is 5.23. The van der Waals surface area contributed by atoms with Crippen molar-refractivity contribution in [3.05, 3.63) is 76.7 Å². The number of carbonyl (C=O) groups is 2. The molecule has 0 spiro atoms. The number of anilines is 1. The zero-order chi connectivity index (χ0) is 21.8. The number of carbonyl (C=O) groups excluding carboxylic acids is 2. The van der Waals surface area contributed by atoms with E-state index >= 15 is 0 Å². The first-order valence-corrected chi connectivity index (χ1v) is 9.81. The molecule has 1 aliphatic heterocycles. The molecule has 0 bridgehead atoms. The molecule has 1 atom stereocenters. The lowest BCUT2D eigenvalue weighted by Gasteiger charge is -2.35. The number of rotatable bonds is 5. The highest BCUT2D eigenvalue weighted by Gasteiger charge is 2.33. The Labute approximate surface area is 179 Å². The molecule has 156 valence electrons. The van der Waals surface area contributed by atoms with Crippen LogP contribution in [0.15, 0.2) is 59.8 Å². The highest BCUT2D eigenvalue weighted by atomic mass is 32.1. The van der Waals surface area contributed by atoms with Gasteiger partial charge >= 0.3 is 5.97 Å².